The molecule has 1 unspecified atom stereocenters. The molecule has 10 heteroatoms. The van der Waals surface area contributed by atoms with E-state index >= 15 is 0 Å². The normalized spacial score (nSPS) is 14.0. The molecule has 0 aliphatic heterocycles. The molecule has 0 aromatic carbocycles. The van der Waals surface area contributed by atoms with Crippen LogP contribution in [0.4, 0.5) is 0 Å². The van der Waals surface area contributed by atoms with Crippen LogP contribution in [0.5, 0.6) is 0 Å². The summed E-state index contributed by atoms with van der Waals surface area (Å²) in [4.78, 5) is 37.5. The minimum absolute atomic E-state index is 0.0412. The van der Waals surface area contributed by atoms with Gasteiger partial charge in [-0.2, -0.15) is 0 Å². The van der Waals surface area contributed by atoms with Crippen LogP contribution in [-0.4, -0.2) is 70.0 Å². The van der Waals surface area contributed by atoms with Gasteiger partial charge in [0.05, 0.1) is 27.7 Å². The Balaban J connectivity index is 4.45. The van der Waals surface area contributed by atoms with Crippen molar-refractivity contribution in [1.29, 1.82) is 0 Å². The van der Waals surface area contributed by atoms with Crippen LogP contribution in [0.3, 0.4) is 0 Å². The first-order valence-corrected chi connectivity index (χ1v) is 23.8. The summed E-state index contributed by atoms with van der Waals surface area (Å²) in [5.41, 5.74) is 0. The Morgan fingerprint density at radius 3 is 1.48 bits per heavy atom. The number of phosphoric ester groups is 1. The Bertz CT molecular complexity index is 1100. The molecule has 0 saturated carbocycles. The van der Waals surface area contributed by atoms with Crippen molar-refractivity contribution in [2.45, 2.75) is 187 Å². The first-order valence-electron chi connectivity index (χ1n) is 22.3. The summed E-state index contributed by atoms with van der Waals surface area (Å²) in [5.74, 6) is -0.898. The maximum absolute atomic E-state index is 12.6. The Kier molecular flexibility index (Phi) is 37.1. The second-order valence-corrected chi connectivity index (χ2v) is 17.5. The lowest BCUT2D eigenvalue weighted by atomic mass is 10.0. The van der Waals surface area contributed by atoms with E-state index in [1.54, 1.807) is 0 Å². The van der Waals surface area contributed by atoms with Crippen LogP contribution in [0.1, 0.15) is 181 Å². The van der Waals surface area contributed by atoms with E-state index in [0.717, 1.165) is 38.5 Å². The van der Waals surface area contributed by atoms with Gasteiger partial charge in [0.15, 0.2) is 6.10 Å². The van der Waals surface area contributed by atoms with Gasteiger partial charge in [-0.3, -0.25) is 14.2 Å². The van der Waals surface area contributed by atoms with Crippen molar-refractivity contribution in [3.8, 4) is 0 Å². The molecule has 0 aromatic heterocycles. The largest absolute Gasteiger partial charge is 0.756 e. The number of nitrogens with zero attached hydrogens (tertiary/aromatic N) is 1. The fourth-order valence-corrected chi connectivity index (χ4v) is 6.55. The molecule has 326 valence electrons. The maximum atomic E-state index is 12.6. The molecule has 9 nitrogen and oxygen atoms in total. The average Bonchev–Trinajstić information content (AvgIpc) is 3.15. The molecule has 0 saturated heterocycles. The summed E-state index contributed by atoms with van der Waals surface area (Å²) in [6.45, 7) is 4.14. The van der Waals surface area contributed by atoms with E-state index in [9.17, 15) is 19.0 Å². The molecule has 56 heavy (non-hydrogen) atoms. The number of hydrogen-bond acceptors (Lipinski definition) is 8. The van der Waals surface area contributed by atoms with E-state index in [4.69, 9.17) is 18.5 Å². The van der Waals surface area contributed by atoms with E-state index < -0.39 is 32.5 Å². The molecule has 0 heterocycles. The van der Waals surface area contributed by atoms with Crippen LogP contribution in [0.2, 0.25) is 0 Å². The average molecular weight is 810 g/mol. The van der Waals surface area contributed by atoms with Crippen LogP contribution in [0.25, 0.3) is 0 Å². The number of phosphoric acid groups is 1. The number of allylic oxidation sites excluding steroid dienone is 8. The third-order valence-corrected chi connectivity index (χ3v) is 10.3. The first kappa shape index (κ1) is 54.0. The Hall–Kier alpha value is -2.03. The van der Waals surface area contributed by atoms with Crippen molar-refractivity contribution >= 4 is 19.8 Å². The number of hydrogen-bond donors (Lipinski definition) is 0. The van der Waals surface area contributed by atoms with Crippen molar-refractivity contribution in [2.75, 3.05) is 47.5 Å². The molecule has 0 fully saturated rings. The number of carbonyl (C=O) groups is 2. The predicted molar refractivity (Wildman–Crippen MR) is 231 cm³/mol. The highest BCUT2D eigenvalue weighted by Crippen LogP contribution is 2.38. The van der Waals surface area contributed by atoms with E-state index in [0.29, 0.717) is 23.9 Å². The van der Waals surface area contributed by atoms with Crippen LogP contribution in [0, 0.1) is 0 Å². The minimum atomic E-state index is -4.64. The van der Waals surface area contributed by atoms with Gasteiger partial charge in [-0.05, 0) is 51.4 Å². The van der Waals surface area contributed by atoms with Crippen LogP contribution in [-0.2, 0) is 32.7 Å². The quantitative estimate of drug-likeness (QED) is 0.0198. The fourth-order valence-electron chi connectivity index (χ4n) is 5.82. The summed E-state index contributed by atoms with van der Waals surface area (Å²) in [6, 6.07) is 0. The second kappa shape index (κ2) is 38.5. The molecule has 0 rings (SSSR count). The molecule has 0 bridgehead atoms. The Morgan fingerprint density at radius 2 is 0.982 bits per heavy atom. The topological polar surface area (TPSA) is 111 Å². The van der Waals surface area contributed by atoms with Crippen molar-refractivity contribution in [2.24, 2.45) is 0 Å². The van der Waals surface area contributed by atoms with Gasteiger partial charge in [0.2, 0.25) is 0 Å². The van der Waals surface area contributed by atoms with E-state index in [2.05, 4.69) is 56.4 Å². The molecular weight excluding hydrogens is 725 g/mol. The van der Waals surface area contributed by atoms with Crippen molar-refractivity contribution < 1.29 is 42.1 Å². The highest BCUT2D eigenvalue weighted by molar-refractivity contribution is 7.45. The monoisotopic (exact) mass is 810 g/mol. The Morgan fingerprint density at radius 1 is 0.554 bits per heavy atom. The molecule has 0 aliphatic carbocycles. The zero-order chi connectivity index (χ0) is 41.4. The number of carbonyl (C=O) groups excluding carboxylic acids is 2. The number of rotatable bonds is 40. The molecule has 0 spiro atoms. The standard InChI is InChI=1S/C46H84NO8P/c1-6-8-10-12-14-16-18-20-22-23-25-27-29-31-33-35-37-39-46(49)55-44(43-54-56(50,51)53-41-40-47(3,4)5)42-52-45(48)38-36-34-32-30-28-26-24-21-19-17-15-13-11-9-7-2/h14,16,20,22,25,27,31,33,44H,6-13,15,17-19,21,23-24,26,28-30,32,34-43H2,1-5H3/b16-14+,22-20+,27-25+,33-31+/t44-/m1/s1. The van der Waals surface area contributed by atoms with Gasteiger partial charge in [-0.1, -0.05) is 165 Å². The van der Waals surface area contributed by atoms with Crippen LogP contribution >= 0.6 is 7.82 Å². The summed E-state index contributed by atoms with van der Waals surface area (Å²) in [5, 5.41) is 0. The van der Waals surface area contributed by atoms with Gasteiger partial charge in [-0.15, -0.1) is 0 Å². The van der Waals surface area contributed by atoms with E-state index in [1.165, 1.54) is 103 Å². The van der Waals surface area contributed by atoms with Gasteiger partial charge in [0.1, 0.15) is 19.8 Å². The molecule has 0 radical (unpaired) electrons. The molecule has 0 aromatic rings. The summed E-state index contributed by atoms with van der Waals surface area (Å²) in [6.07, 6.45) is 44.3. The lowest BCUT2D eigenvalue weighted by molar-refractivity contribution is -0.870. The number of likely N-dealkylation sites (N-methyl/N-ethyl adjacent to an activating group) is 1. The Labute approximate surface area is 343 Å². The summed E-state index contributed by atoms with van der Waals surface area (Å²) in [7, 11) is 1.13. The lowest BCUT2D eigenvalue weighted by Gasteiger charge is -2.28. The molecule has 0 amide bonds. The molecular formula is C46H84NO8P. The molecule has 2 atom stereocenters. The second-order valence-electron chi connectivity index (χ2n) is 16.1. The van der Waals surface area contributed by atoms with Gasteiger partial charge in [0, 0.05) is 12.8 Å². The van der Waals surface area contributed by atoms with Gasteiger partial charge in [0.25, 0.3) is 7.82 Å². The number of esters is 2. The molecule has 0 aliphatic rings. The summed E-state index contributed by atoms with van der Waals surface area (Å²) >= 11 is 0. The summed E-state index contributed by atoms with van der Waals surface area (Å²) < 4.78 is 33.8. The third kappa shape index (κ3) is 41.6. The smallest absolute Gasteiger partial charge is 0.306 e. The van der Waals surface area contributed by atoms with Crippen molar-refractivity contribution in [3.05, 3.63) is 48.6 Å². The SMILES string of the molecule is CCCCC/C=C/C/C=C/C/C=C/C/C=C/CCCC(=O)O[C@H](COC(=O)CCCCCCCCCCCCCCCCC)COP(=O)([O-])OCC[N+](C)(C)C. The van der Waals surface area contributed by atoms with E-state index in [-0.39, 0.29) is 26.1 Å². The number of unbranched alkanes of at least 4 members (excludes halogenated alkanes) is 18. The minimum Gasteiger partial charge on any atom is -0.756 e. The number of quaternary nitrogens is 1. The zero-order valence-corrected chi connectivity index (χ0v) is 37.5. The lowest BCUT2D eigenvalue weighted by Crippen LogP contribution is -2.37. The van der Waals surface area contributed by atoms with Gasteiger partial charge >= 0.3 is 11.9 Å². The molecule has 0 N–H and O–H groups in total. The maximum Gasteiger partial charge on any atom is 0.306 e. The van der Waals surface area contributed by atoms with Crippen LogP contribution < -0.4 is 4.89 Å². The highest BCUT2D eigenvalue weighted by Gasteiger charge is 2.21. The highest BCUT2D eigenvalue weighted by atomic mass is 31.2. The van der Waals surface area contributed by atoms with Crippen LogP contribution in [0.15, 0.2) is 48.6 Å². The third-order valence-electron chi connectivity index (χ3n) is 9.35. The number of ether oxygens (including phenoxy) is 2. The van der Waals surface area contributed by atoms with Gasteiger partial charge in [-0.25, -0.2) is 0 Å². The van der Waals surface area contributed by atoms with Crippen molar-refractivity contribution in [3.63, 3.8) is 0 Å². The zero-order valence-electron chi connectivity index (χ0n) is 36.6. The predicted octanol–water partition coefficient (Wildman–Crippen LogP) is 12.1. The van der Waals surface area contributed by atoms with E-state index in [1.807, 2.05) is 27.2 Å². The first-order chi connectivity index (χ1) is 27.0. The van der Waals surface area contributed by atoms with Crippen molar-refractivity contribution in [1.82, 2.24) is 0 Å². The fraction of sp³-hybridized carbons (Fsp3) is 0.783. The van der Waals surface area contributed by atoms with Gasteiger partial charge < -0.3 is 27.9 Å².